The molecule has 20 heavy (non-hydrogen) atoms. The predicted molar refractivity (Wildman–Crippen MR) is 77.5 cm³/mol. The summed E-state index contributed by atoms with van der Waals surface area (Å²) in [5.74, 6) is 0.649. The van der Waals surface area contributed by atoms with Crippen LogP contribution in [0.3, 0.4) is 0 Å². The molecule has 0 aromatic heterocycles. The summed E-state index contributed by atoms with van der Waals surface area (Å²) >= 11 is 0. The number of nitrogens with zero attached hydrogens (tertiary/aromatic N) is 2. The Morgan fingerprint density at radius 1 is 1.50 bits per heavy atom. The van der Waals surface area contributed by atoms with Gasteiger partial charge in [-0.15, -0.1) is 0 Å². The number of hydrogen-bond donors (Lipinski definition) is 1. The van der Waals surface area contributed by atoms with Crippen molar-refractivity contribution in [3.8, 4) is 11.8 Å². The highest BCUT2D eigenvalue weighted by Gasteiger charge is 2.24. The molecule has 0 aliphatic carbocycles. The Labute approximate surface area is 120 Å². The zero-order valence-electron chi connectivity index (χ0n) is 12.0. The zero-order chi connectivity index (χ0) is 14.4. The Kier molecular flexibility index (Phi) is 5.40. The molecule has 1 aliphatic heterocycles. The van der Waals surface area contributed by atoms with Crippen molar-refractivity contribution in [2.45, 2.75) is 38.3 Å². The molecule has 1 N–H and O–H groups in total. The van der Waals surface area contributed by atoms with E-state index in [1.807, 2.05) is 18.2 Å². The maximum Gasteiger partial charge on any atom is 0.136 e. The smallest absolute Gasteiger partial charge is 0.136 e. The van der Waals surface area contributed by atoms with E-state index in [4.69, 9.17) is 15.1 Å². The lowest BCUT2D eigenvalue weighted by Crippen LogP contribution is -2.29. The summed E-state index contributed by atoms with van der Waals surface area (Å²) in [6.45, 7) is 2.27. The average molecular weight is 274 g/mol. The first-order valence-corrected chi connectivity index (χ1v) is 7.20. The van der Waals surface area contributed by atoms with Gasteiger partial charge in [0.15, 0.2) is 0 Å². The standard InChI is InChI=1S/C16H22N2O2/c1-20-16-10-13(6-7-14(16)11-17)12-18-8-2-4-15(18)5-3-9-19/h6-7,10,15,19H,2-5,8-9,12H2,1H3. The molecule has 1 fully saturated rings. The van der Waals surface area contributed by atoms with E-state index >= 15 is 0 Å². The molecule has 1 heterocycles. The highest BCUT2D eigenvalue weighted by atomic mass is 16.5. The van der Waals surface area contributed by atoms with Gasteiger partial charge in [-0.3, -0.25) is 4.90 Å². The van der Waals surface area contributed by atoms with Crippen molar-refractivity contribution in [1.82, 2.24) is 4.90 Å². The fraction of sp³-hybridized carbons (Fsp3) is 0.562. The van der Waals surface area contributed by atoms with Gasteiger partial charge < -0.3 is 9.84 Å². The molecule has 0 amide bonds. The molecule has 0 spiro atoms. The molecule has 1 aromatic rings. The maximum atomic E-state index is 9.00. The molecule has 0 bridgehead atoms. The van der Waals surface area contributed by atoms with E-state index in [2.05, 4.69) is 11.0 Å². The minimum atomic E-state index is 0.273. The van der Waals surface area contributed by atoms with Gasteiger partial charge in [-0.2, -0.15) is 5.26 Å². The first kappa shape index (κ1) is 14.8. The van der Waals surface area contributed by atoms with E-state index in [-0.39, 0.29) is 6.61 Å². The van der Waals surface area contributed by atoms with Crippen LogP contribution in [-0.2, 0) is 6.54 Å². The lowest BCUT2D eigenvalue weighted by atomic mass is 10.1. The third-order valence-electron chi connectivity index (χ3n) is 3.97. The average Bonchev–Trinajstić information content (AvgIpc) is 2.92. The van der Waals surface area contributed by atoms with E-state index in [0.29, 0.717) is 17.4 Å². The molecular weight excluding hydrogens is 252 g/mol. The second-order valence-electron chi connectivity index (χ2n) is 5.28. The van der Waals surface area contributed by atoms with Crippen LogP contribution in [-0.4, -0.2) is 36.3 Å². The second kappa shape index (κ2) is 7.28. The molecule has 1 aromatic carbocycles. The molecule has 0 radical (unpaired) electrons. The number of hydrogen-bond acceptors (Lipinski definition) is 4. The van der Waals surface area contributed by atoms with Crippen LogP contribution in [0.25, 0.3) is 0 Å². The molecule has 0 saturated carbocycles. The summed E-state index contributed by atoms with van der Waals surface area (Å²) in [5.41, 5.74) is 1.76. The number of benzene rings is 1. The van der Waals surface area contributed by atoms with Gasteiger partial charge in [0.1, 0.15) is 11.8 Å². The quantitative estimate of drug-likeness (QED) is 0.865. The molecular formula is C16H22N2O2. The van der Waals surface area contributed by atoms with Gasteiger partial charge in [-0.05, 0) is 49.9 Å². The van der Waals surface area contributed by atoms with Crippen molar-refractivity contribution in [3.05, 3.63) is 29.3 Å². The zero-order valence-corrected chi connectivity index (χ0v) is 12.0. The van der Waals surface area contributed by atoms with Crippen LogP contribution in [0.2, 0.25) is 0 Å². The fourth-order valence-corrected chi connectivity index (χ4v) is 2.92. The topological polar surface area (TPSA) is 56.5 Å². The first-order chi connectivity index (χ1) is 9.78. The van der Waals surface area contributed by atoms with E-state index in [1.54, 1.807) is 7.11 Å². The molecule has 1 atom stereocenters. The lowest BCUT2D eigenvalue weighted by molar-refractivity contribution is 0.210. The van der Waals surface area contributed by atoms with Crippen LogP contribution in [0.15, 0.2) is 18.2 Å². The molecule has 1 saturated heterocycles. The number of aliphatic hydroxyl groups is 1. The second-order valence-corrected chi connectivity index (χ2v) is 5.28. The monoisotopic (exact) mass is 274 g/mol. The summed E-state index contributed by atoms with van der Waals surface area (Å²) in [4.78, 5) is 2.47. The van der Waals surface area contributed by atoms with Gasteiger partial charge in [0.05, 0.1) is 12.7 Å². The first-order valence-electron chi connectivity index (χ1n) is 7.20. The number of aliphatic hydroxyl groups excluding tert-OH is 1. The molecule has 108 valence electrons. The summed E-state index contributed by atoms with van der Waals surface area (Å²) in [6.07, 6.45) is 4.37. The van der Waals surface area contributed by atoms with Crippen molar-refractivity contribution in [2.24, 2.45) is 0 Å². The highest BCUT2D eigenvalue weighted by molar-refractivity contribution is 5.45. The van der Waals surface area contributed by atoms with Crippen LogP contribution >= 0.6 is 0 Å². The largest absolute Gasteiger partial charge is 0.495 e. The van der Waals surface area contributed by atoms with Crippen molar-refractivity contribution < 1.29 is 9.84 Å². The number of methoxy groups -OCH3 is 1. The third kappa shape index (κ3) is 3.50. The fourth-order valence-electron chi connectivity index (χ4n) is 2.92. The summed E-state index contributed by atoms with van der Waals surface area (Å²) in [6, 6.07) is 8.50. The van der Waals surface area contributed by atoms with E-state index in [9.17, 15) is 0 Å². The number of nitriles is 1. The molecule has 2 rings (SSSR count). The summed E-state index contributed by atoms with van der Waals surface area (Å²) in [7, 11) is 1.60. The van der Waals surface area contributed by atoms with Crippen LogP contribution < -0.4 is 4.74 Å². The van der Waals surface area contributed by atoms with E-state index in [1.165, 1.54) is 18.4 Å². The predicted octanol–water partition coefficient (Wildman–Crippen LogP) is 2.30. The summed E-state index contributed by atoms with van der Waals surface area (Å²) in [5, 5.41) is 18.0. The Hall–Kier alpha value is -1.57. The van der Waals surface area contributed by atoms with Crippen LogP contribution in [0, 0.1) is 11.3 Å². The van der Waals surface area contributed by atoms with Crippen LogP contribution in [0.1, 0.15) is 36.8 Å². The lowest BCUT2D eigenvalue weighted by Gasteiger charge is -2.24. The normalized spacial score (nSPS) is 18.9. The van der Waals surface area contributed by atoms with Crippen molar-refractivity contribution in [1.29, 1.82) is 5.26 Å². The van der Waals surface area contributed by atoms with Gasteiger partial charge in [-0.25, -0.2) is 0 Å². The third-order valence-corrected chi connectivity index (χ3v) is 3.97. The van der Waals surface area contributed by atoms with Crippen LogP contribution in [0.5, 0.6) is 5.75 Å². The molecule has 1 unspecified atom stereocenters. The van der Waals surface area contributed by atoms with Gasteiger partial charge in [-0.1, -0.05) is 6.07 Å². The maximum absolute atomic E-state index is 9.00. The molecule has 4 heteroatoms. The van der Waals surface area contributed by atoms with Gasteiger partial charge >= 0.3 is 0 Å². The van der Waals surface area contributed by atoms with Gasteiger partial charge in [0.25, 0.3) is 0 Å². The van der Waals surface area contributed by atoms with Crippen molar-refractivity contribution in [3.63, 3.8) is 0 Å². The van der Waals surface area contributed by atoms with Crippen LogP contribution in [0.4, 0.5) is 0 Å². The van der Waals surface area contributed by atoms with E-state index in [0.717, 1.165) is 25.9 Å². The van der Waals surface area contributed by atoms with Gasteiger partial charge in [0.2, 0.25) is 0 Å². The number of rotatable bonds is 6. The van der Waals surface area contributed by atoms with Crippen molar-refractivity contribution in [2.75, 3.05) is 20.3 Å². The highest BCUT2D eigenvalue weighted by Crippen LogP contribution is 2.26. The Morgan fingerprint density at radius 2 is 2.35 bits per heavy atom. The van der Waals surface area contributed by atoms with Crippen molar-refractivity contribution >= 4 is 0 Å². The Bertz CT molecular complexity index is 482. The van der Waals surface area contributed by atoms with Gasteiger partial charge in [0, 0.05) is 19.2 Å². The number of ether oxygens (including phenoxy) is 1. The van der Waals surface area contributed by atoms with E-state index < -0.39 is 0 Å². The SMILES string of the molecule is COc1cc(CN2CCCC2CCCO)ccc1C#N. The minimum absolute atomic E-state index is 0.273. The summed E-state index contributed by atoms with van der Waals surface area (Å²) < 4.78 is 5.26. The Balaban J connectivity index is 2.04. The minimum Gasteiger partial charge on any atom is -0.495 e. The number of likely N-dealkylation sites (tertiary alicyclic amines) is 1. The Morgan fingerprint density at radius 3 is 3.05 bits per heavy atom. The molecule has 4 nitrogen and oxygen atoms in total. The molecule has 1 aliphatic rings.